The summed E-state index contributed by atoms with van der Waals surface area (Å²) in [5, 5.41) is 4.19. The summed E-state index contributed by atoms with van der Waals surface area (Å²) in [4.78, 5) is 12.2. The number of nitrogen functional groups attached to an aromatic ring is 1. The number of amides is 1. The van der Waals surface area contributed by atoms with Crippen LogP contribution in [-0.4, -0.2) is 5.91 Å². The van der Waals surface area contributed by atoms with Crippen molar-refractivity contribution in [1.29, 1.82) is 0 Å². The largest absolute Gasteiger partial charge is 0.397 e. The van der Waals surface area contributed by atoms with Crippen LogP contribution in [-0.2, 0) is 0 Å². The fourth-order valence-corrected chi connectivity index (χ4v) is 2.35. The number of benzene rings is 1. The molecule has 3 N–H and O–H groups in total. The van der Waals surface area contributed by atoms with Gasteiger partial charge in [-0.1, -0.05) is 15.9 Å². The molecule has 2 rings (SSSR count). The molecule has 0 spiro atoms. The van der Waals surface area contributed by atoms with E-state index in [1.165, 1.54) is 23.5 Å². The third-order valence-corrected chi connectivity index (χ3v) is 3.50. The Morgan fingerprint density at radius 3 is 2.82 bits per heavy atom. The predicted octanol–water partition coefficient (Wildman–Crippen LogP) is 3.48. The van der Waals surface area contributed by atoms with Gasteiger partial charge in [0.05, 0.1) is 11.4 Å². The topological polar surface area (TPSA) is 55.1 Å². The van der Waals surface area contributed by atoms with Crippen LogP contribution < -0.4 is 11.1 Å². The van der Waals surface area contributed by atoms with Gasteiger partial charge in [-0.05, 0) is 29.6 Å². The number of thiophene rings is 1. The first-order chi connectivity index (χ1) is 8.08. The van der Waals surface area contributed by atoms with Crippen molar-refractivity contribution in [2.75, 3.05) is 11.1 Å². The SMILES string of the molecule is Nc1ccsc1C(=O)Nc1cc(Br)ccc1F. The third-order valence-electron chi connectivity index (χ3n) is 2.08. The van der Waals surface area contributed by atoms with Crippen LogP contribution in [0.5, 0.6) is 0 Å². The maximum Gasteiger partial charge on any atom is 0.267 e. The smallest absolute Gasteiger partial charge is 0.267 e. The number of rotatable bonds is 2. The molecule has 17 heavy (non-hydrogen) atoms. The van der Waals surface area contributed by atoms with Crippen molar-refractivity contribution in [1.82, 2.24) is 0 Å². The molecule has 88 valence electrons. The molecule has 0 saturated carbocycles. The van der Waals surface area contributed by atoms with Crippen LogP contribution in [0.1, 0.15) is 9.67 Å². The van der Waals surface area contributed by atoms with Crippen molar-refractivity contribution in [2.45, 2.75) is 0 Å². The van der Waals surface area contributed by atoms with E-state index in [-0.39, 0.29) is 5.69 Å². The Balaban J connectivity index is 2.24. The van der Waals surface area contributed by atoms with Gasteiger partial charge in [-0.2, -0.15) is 0 Å². The fourth-order valence-electron chi connectivity index (χ4n) is 1.28. The van der Waals surface area contributed by atoms with Gasteiger partial charge >= 0.3 is 0 Å². The van der Waals surface area contributed by atoms with Gasteiger partial charge in [-0.25, -0.2) is 4.39 Å². The molecular formula is C11H8BrFN2OS. The van der Waals surface area contributed by atoms with Crippen LogP contribution in [0.25, 0.3) is 0 Å². The first kappa shape index (κ1) is 12.1. The fraction of sp³-hybridized carbons (Fsp3) is 0. The van der Waals surface area contributed by atoms with E-state index in [0.29, 0.717) is 15.0 Å². The van der Waals surface area contributed by atoms with Gasteiger partial charge < -0.3 is 11.1 Å². The van der Waals surface area contributed by atoms with E-state index in [2.05, 4.69) is 21.2 Å². The maximum atomic E-state index is 13.4. The highest BCUT2D eigenvalue weighted by Crippen LogP contribution is 2.23. The van der Waals surface area contributed by atoms with Gasteiger partial charge in [0, 0.05) is 4.47 Å². The molecule has 0 bridgehead atoms. The average Bonchev–Trinajstić information content (AvgIpc) is 2.70. The molecule has 1 aromatic carbocycles. The molecule has 0 aliphatic carbocycles. The lowest BCUT2D eigenvalue weighted by molar-refractivity contribution is 0.103. The molecule has 1 aromatic heterocycles. The number of nitrogens with two attached hydrogens (primary N) is 1. The molecule has 0 atom stereocenters. The molecule has 1 heterocycles. The Hall–Kier alpha value is -1.40. The standard InChI is InChI=1S/C11H8BrFN2OS/c12-6-1-2-7(13)9(5-6)15-11(16)10-8(14)3-4-17-10/h1-5H,14H2,(H,15,16). The van der Waals surface area contributed by atoms with Gasteiger partial charge in [0.2, 0.25) is 0 Å². The monoisotopic (exact) mass is 314 g/mol. The average molecular weight is 315 g/mol. The van der Waals surface area contributed by atoms with E-state index in [1.54, 1.807) is 17.5 Å². The maximum absolute atomic E-state index is 13.4. The first-order valence-corrected chi connectivity index (χ1v) is 6.34. The zero-order chi connectivity index (χ0) is 12.4. The van der Waals surface area contributed by atoms with Crippen LogP contribution in [0.3, 0.4) is 0 Å². The summed E-state index contributed by atoms with van der Waals surface area (Å²) >= 11 is 4.43. The summed E-state index contributed by atoms with van der Waals surface area (Å²) in [6.45, 7) is 0. The quantitative estimate of drug-likeness (QED) is 0.891. The second-order valence-electron chi connectivity index (χ2n) is 3.28. The van der Waals surface area contributed by atoms with Crippen molar-refractivity contribution >= 4 is 44.5 Å². The Bertz CT molecular complexity index is 570. The van der Waals surface area contributed by atoms with E-state index in [1.807, 2.05) is 0 Å². The Morgan fingerprint density at radius 1 is 1.41 bits per heavy atom. The number of carbonyl (C=O) groups excluding carboxylic acids is 1. The zero-order valence-electron chi connectivity index (χ0n) is 8.54. The van der Waals surface area contributed by atoms with Gasteiger partial charge in [0.1, 0.15) is 10.7 Å². The number of hydrogen-bond donors (Lipinski definition) is 2. The minimum atomic E-state index is -0.489. The van der Waals surface area contributed by atoms with Crippen LogP contribution in [0.2, 0.25) is 0 Å². The third kappa shape index (κ3) is 2.65. The van der Waals surface area contributed by atoms with E-state index < -0.39 is 11.7 Å². The van der Waals surface area contributed by atoms with E-state index in [9.17, 15) is 9.18 Å². The highest BCUT2D eigenvalue weighted by atomic mass is 79.9. The first-order valence-electron chi connectivity index (χ1n) is 4.67. The number of nitrogens with one attached hydrogen (secondary N) is 1. The van der Waals surface area contributed by atoms with Crippen molar-refractivity contribution in [3.8, 4) is 0 Å². The van der Waals surface area contributed by atoms with Gasteiger partial charge in [0.15, 0.2) is 0 Å². The normalized spacial score (nSPS) is 10.2. The number of halogens is 2. The molecule has 3 nitrogen and oxygen atoms in total. The lowest BCUT2D eigenvalue weighted by Gasteiger charge is -2.06. The van der Waals surface area contributed by atoms with E-state index >= 15 is 0 Å². The minimum absolute atomic E-state index is 0.122. The second kappa shape index (κ2) is 4.85. The molecule has 0 radical (unpaired) electrons. The summed E-state index contributed by atoms with van der Waals surface area (Å²) in [6, 6.07) is 5.97. The van der Waals surface area contributed by atoms with Crippen LogP contribution >= 0.6 is 27.3 Å². The molecule has 2 aromatic rings. The molecule has 6 heteroatoms. The molecule has 0 aliphatic rings. The summed E-state index contributed by atoms with van der Waals surface area (Å²) in [6.07, 6.45) is 0. The van der Waals surface area contributed by atoms with E-state index in [4.69, 9.17) is 5.73 Å². The molecule has 1 amide bonds. The second-order valence-corrected chi connectivity index (χ2v) is 5.12. The van der Waals surface area contributed by atoms with Crippen molar-refractivity contribution in [3.05, 3.63) is 44.8 Å². The van der Waals surface area contributed by atoms with Crippen molar-refractivity contribution < 1.29 is 9.18 Å². The van der Waals surface area contributed by atoms with Gasteiger partial charge in [-0.3, -0.25) is 4.79 Å². The Kier molecular flexibility index (Phi) is 3.44. The van der Waals surface area contributed by atoms with E-state index in [0.717, 1.165) is 0 Å². The number of carbonyl (C=O) groups is 1. The number of hydrogen-bond acceptors (Lipinski definition) is 3. The van der Waals surface area contributed by atoms with Gasteiger partial charge in [0.25, 0.3) is 5.91 Å². The predicted molar refractivity (Wildman–Crippen MR) is 70.8 cm³/mol. The van der Waals surface area contributed by atoms with Crippen LogP contribution in [0.4, 0.5) is 15.8 Å². The Labute approximate surface area is 110 Å². The molecule has 0 saturated heterocycles. The van der Waals surface area contributed by atoms with Crippen molar-refractivity contribution in [3.63, 3.8) is 0 Å². The van der Waals surface area contributed by atoms with Crippen molar-refractivity contribution in [2.24, 2.45) is 0 Å². The lowest BCUT2D eigenvalue weighted by Crippen LogP contribution is -2.13. The molecular weight excluding hydrogens is 307 g/mol. The minimum Gasteiger partial charge on any atom is -0.397 e. The number of anilines is 2. The zero-order valence-corrected chi connectivity index (χ0v) is 10.9. The van der Waals surface area contributed by atoms with Crippen LogP contribution in [0.15, 0.2) is 34.1 Å². The lowest BCUT2D eigenvalue weighted by atomic mass is 10.3. The molecule has 0 fully saturated rings. The highest BCUT2D eigenvalue weighted by Gasteiger charge is 2.13. The Morgan fingerprint density at radius 2 is 2.18 bits per heavy atom. The molecule has 0 unspecified atom stereocenters. The summed E-state index contributed by atoms with van der Waals surface area (Å²) < 4.78 is 14.1. The van der Waals surface area contributed by atoms with Gasteiger partial charge in [-0.15, -0.1) is 11.3 Å². The summed E-state index contributed by atoms with van der Waals surface area (Å²) in [5.74, 6) is -0.897. The highest BCUT2D eigenvalue weighted by molar-refractivity contribution is 9.10. The summed E-state index contributed by atoms with van der Waals surface area (Å²) in [5.41, 5.74) is 6.12. The molecule has 0 aliphatic heterocycles. The summed E-state index contributed by atoms with van der Waals surface area (Å²) in [7, 11) is 0. The van der Waals surface area contributed by atoms with Crippen LogP contribution in [0, 0.1) is 5.82 Å².